The van der Waals surface area contributed by atoms with Gasteiger partial charge in [0.05, 0.1) is 24.0 Å². The predicted molar refractivity (Wildman–Crippen MR) is 148 cm³/mol. The van der Waals surface area contributed by atoms with Crippen LogP contribution in [-0.2, 0) is 17.1 Å². The van der Waals surface area contributed by atoms with Gasteiger partial charge in [0, 0.05) is 43.2 Å². The maximum Gasteiger partial charge on any atom is 0.278 e. The van der Waals surface area contributed by atoms with Crippen molar-refractivity contribution < 1.29 is 18.6 Å². The Morgan fingerprint density at radius 2 is 1.95 bits per heavy atom. The number of nitriles is 1. The highest BCUT2D eigenvalue weighted by atomic mass is 35.5. The van der Waals surface area contributed by atoms with Gasteiger partial charge in [-0.25, -0.2) is 4.39 Å². The molecule has 8 nitrogen and oxygen atoms in total. The number of anilines is 1. The quantitative estimate of drug-likeness (QED) is 0.409. The lowest BCUT2D eigenvalue weighted by atomic mass is 9.88. The van der Waals surface area contributed by atoms with Gasteiger partial charge in [-0.05, 0) is 63.0 Å². The summed E-state index contributed by atoms with van der Waals surface area (Å²) in [5.74, 6) is -0.156. The van der Waals surface area contributed by atoms with Crippen LogP contribution in [0.1, 0.15) is 55.1 Å². The Labute approximate surface area is 238 Å². The van der Waals surface area contributed by atoms with Crippen LogP contribution in [0, 0.1) is 17.1 Å². The predicted octanol–water partition coefficient (Wildman–Crippen LogP) is 5.39. The molecule has 1 unspecified atom stereocenters. The summed E-state index contributed by atoms with van der Waals surface area (Å²) < 4.78 is 33.0. The molecule has 2 aromatic carbocycles. The smallest absolute Gasteiger partial charge is 0.278 e. The molecule has 10 heteroatoms. The molecule has 0 spiro atoms. The summed E-state index contributed by atoms with van der Waals surface area (Å²) in [6, 6.07) is 14.4. The van der Waals surface area contributed by atoms with Crippen LogP contribution < -0.4 is 14.4 Å². The molecule has 0 amide bonds. The molecule has 3 aliphatic rings. The van der Waals surface area contributed by atoms with E-state index in [1.807, 2.05) is 18.2 Å². The van der Waals surface area contributed by atoms with Crippen LogP contribution >= 0.6 is 11.6 Å². The molecule has 3 aliphatic heterocycles. The van der Waals surface area contributed by atoms with Gasteiger partial charge in [-0.3, -0.25) is 4.90 Å². The van der Waals surface area contributed by atoms with Gasteiger partial charge in [-0.2, -0.15) is 10.4 Å². The fourth-order valence-electron chi connectivity index (χ4n) is 5.94. The Hall–Kier alpha value is -3.45. The second-order valence-corrected chi connectivity index (χ2v) is 11.2. The van der Waals surface area contributed by atoms with Crippen molar-refractivity contribution in [2.45, 2.75) is 51.0 Å². The highest BCUT2D eigenvalue weighted by Gasteiger charge is 2.43. The number of hydrogen-bond donors (Lipinski definition) is 0. The zero-order chi connectivity index (χ0) is 27.9. The zero-order valence-corrected chi connectivity index (χ0v) is 23.3. The van der Waals surface area contributed by atoms with E-state index in [2.05, 4.69) is 39.1 Å². The summed E-state index contributed by atoms with van der Waals surface area (Å²) in [4.78, 5) is 4.63. The molecule has 0 saturated carbocycles. The first-order valence-corrected chi connectivity index (χ1v) is 14.0. The van der Waals surface area contributed by atoms with Gasteiger partial charge in [0.2, 0.25) is 0 Å². The molecule has 2 saturated heterocycles. The average molecular weight is 564 g/mol. The van der Waals surface area contributed by atoms with Crippen LogP contribution in [0.25, 0.3) is 0 Å². The SMILES string of the molecule is CC1CN(c2cc(C#N)nnc2CN2CCC(c3cccc4c3O[C@@](C)(c3ccc(Cl)cc3F)O4)CC2)CCO1. The first-order valence-electron chi connectivity index (χ1n) is 13.6. The molecular formula is C30H31ClFN5O3. The van der Waals surface area contributed by atoms with Crippen molar-refractivity contribution in [1.82, 2.24) is 15.1 Å². The number of piperidine rings is 1. The number of rotatable bonds is 5. The molecule has 0 aliphatic carbocycles. The average Bonchev–Trinajstić information content (AvgIpc) is 3.30. The third kappa shape index (κ3) is 5.19. The van der Waals surface area contributed by atoms with Gasteiger partial charge in [0.15, 0.2) is 17.2 Å². The van der Waals surface area contributed by atoms with E-state index in [-0.39, 0.29) is 12.0 Å². The van der Waals surface area contributed by atoms with Crippen molar-refractivity contribution in [3.8, 4) is 17.6 Å². The summed E-state index contributed by atoms with van der Waals surface area (Å²) in [6.07, 6.45) is 1.98. The van der Waals surface area contributed by atoms with Gasteiger partial charge in [-0.15, -0.1) is 5.10 Å². The number of hydrogen-bond acceptors (Lipinski definition) is 8. The highest BCUT2D eigenvalue weighted by Crippen LogP contribution is 2.49. The molecule has 40 heavy (non-hydrogen) atoms. The Morgan fingerprint density at radius 3 is 2.70 bits per heavy atom. The van der Waals surface area contributed by atoms with Gasteiger partial charge in [0.25, 0.3) is 5.79 Å². The summed E-state index contributed by atoms with van der Waals surface area (Å²) >= 11 is 5.96. The summed E-state index contributed by atoms with van der Waals surface area (Å²) in [5, 5.41) is 18.3. The van der Waals surface area contributed by atoms with E-state index in [0.717, 1.165) is 56.0 Å². The van der Waals surface area contributed by atoms with E-state index in [0.29, 0.717) is 40.9 Å². The maximum atomic E-state index is 14.8. The first kappa shape index (κ1) is 26.8. The minimum atomic E-state index is -1.27. The summed E-state index contributed by atoms with van der Waals surface area (Å²) in [5.41, 5.74) is 3.55. The lowest BCUT2D eigenvalue weighted by Crippen LogP contribution is -2.42. The minimum absolute atomic E-state index is 0.118. The molecule has 208 valence electrons. The van der Waals surface area contributed by atoms with Crippen molar-refractivity contribution in [3.63, 3.8) is 0 Å². The number of halogens is 2. The van der Waals surface area contributed by atoms with Crippen molar-refractivity contribution in [1.29, 1.82) is 5.26 Å². The number of benzene rings is 2. The van der Waals surface area contributed by atoms with E-state index >= 15 is 0 Å². The van der Waals surface area contributed by atoms with E-state index < -0.39 is 11.6 Å². The standard InChI is InChI=1S/C30H31ClFN5O3/c1-19-17-37(12-13-38-19)27-15-22(16-33)34-35-26(27)18-36-10-8-20(9-11-36)23-4-3-5-28-29(23)40-30(2,39-28)24-7-6-21(31)14-25(24)32/h3-7,14-15,19-20H,8-13,17-18H2,1-2H3/t19?,30-/m0/s1. The van der Waals surface area contributed by atoms with Crippen molar-refractivity contribution in [3.05, 3.63) is 75.8 Å². The fraction of sp³-hybridized carbons (Fsp3) is 0.433. The van der Waals surface area contributed by atoms with Crippen LogP contribution in [0.4, 0.5) is 10.1 Å². The third-order valence-corrected chi connectivity index (χ3v) is 8.21. The lowest BCUT2D eigenvalue weighted by molar-refractivity contribution is -0.0712. The van der Waals surface area contributed by atoms with Crippen molar-refractivity contribution in [2.75, 3.05) is 37.7 Å². The van der Waals surface area contributed by atoms with E-state index in [9.17, 15) is 9.65 Å². The summed E-state index contributed by atoms with van der Waals surface area (Å²) in [7, 11) is 0. The van der Waals surface area contributed by atoms with E-state index in [4.69, 9.17) is 25.8 Å². The molecule has 2 fully saturated rings. The molecular weight excluding hydrogens is 533 g/mol. The molecule has 0 bridgehead atoms. The van der Waals surface area contributed by atoms with Crippen molar-refractivity contribution >= 4 is 17.3 Å². The number of morpholine rings is 1. The number of aromatic nitrogens is 2. The van der Waals surface area contributed by atoms with Gasteiger partial charge < -0.3 is 19.1 Å². The topological polar surface area (TPSA) is 83.7 Å². The molecule has 4 heterocycles. The normalized spacial score (nSPS) is 23.3. The number of ether oxygens (including phenoxy) is 3. The lowest BCUT2D eigenvalue weighted by Gasteiger charge is -2.35. The Bertz CT molecular complexity index is 1460. The fourth-order valence-corrected chi connectivity index (χ4v) is 6.10. The second kappa shape index (κ2) is 10.8. The van der Waals surface area contributed by atoms with Crippen LogP contribution in [0.2, 0.25) is 5.02 Å². The Kier molecular flexibility index (Phi) is 7.26. The van der Waals surface area contributed by atoms with Gasteiger partial charge in [-0.1, -0.05) is 23.7 Å². The number of nitrogens with zero attached hydrogens (tertiary/aromatic N) is 5. The number of likely N-dealkylation sites (tertiary alicyclic amines) is 1. The number of para-hydroxylation sites is 1. The summed E-state index contributed by atoms with van der Waals surface area (Å²) in [6.45, 7) is 8.36. The van der Waals surface area contributed by atoms with E-state index in [1.165, 1.54) is 6.07 Å². The number of fused-ring (bicyclic) bond motifs is 1. The van der Waals surface area contributed by atoms with Gasteiger partial charge in [0.1, 0.15) is 17.6 Å². The van der Waals surface area contributed by atoms with Crippen LogP contribution in [0.3, 0.4) is 0 Å². The third-order valence-electron chi connectivity index (χ3n) is 7.98. The molecule has 6 rings (SSSR count). The molecule has 0 N–H and O–H groups in total. The monoisotopic (exact) mass is 563 g/mol. The second-order valence-electron chi connectivity index (χ2n) is 10.8. The largest absolute Gasteiger partial charge is 0.444 e. The minimum Gasteiger partial charge on any atom is -0.444 e. The molecule has 3 aromatic rings. The molecule has 1 aromatic heterocycles. The maximum absolute atomic E-state index is 14.8. The van der Waals surface area contributed by atoms with Crippen LogP contribution in [0.15, 0.2) is 42.5 Å². The highest BCUT2D eigenvalue weighted by molar-refractivity contribution is 6.30. The van der Waals surface area contributed by atoms with Gasteiger partial charge >= 0.3 is 0 Å². The van der Waals surface area contributed by atoms with Crippen LogP contribution in [0.5, 0.6) is 11.5 Å². The first-order chi connectivity index (χ1) is 19.3. The zero-order valence-electron chi connectivity index (χ0n) is 22.6. The molecule has 0 radical (unpaired) electrons. The Morgan fingerprint density at radius 1 is 1.12 bits per heavy atom. The molecule has 2 atom stereocenters. The van der Waals surface area contributed by atoms with Crippen molar-refractivity contribution in [2.24, 2.45) is 0 Å². The van der Waals surface area contributed by atoms with Crippen LogP contribution in [-0.4, -0.2) is 54.0 Å². The van der Waals surface area contributed by atoms with E-state index in [1.54, 1.807) is 19.1 Å². The Balaban J connectivity index is 1.16.